The molecule has 0 amide bonds. The van der Waals surface area contributed by atoms with Crippen LogP contribution in [0.4, 0.5) is 0 Å². The van der Waals surface area contributed by atoms with Crippen molar-refractivity contribution < 1.29 is 250 Å². The molecule has 0 aromatic carbocycles. The summed E-state index contributed by atoms with van der Waals surface area (Å²) in [5.74, 6) is 0. The third kappa shape index (κ3) is 52.1. The van der Waals surface area contributed by atoms with Crippen LogP contribution in [-0.2, 0) is 47.6 Å². The Morgan fingerprint density at radius 3 is 0.962 bits per heavy atom. The number of hydrogen-bond donors (Lipinski definition) is 0. The Kier molecular flexibility index (Phi) is 49.5. The van der Waals surface area contributed by atoms with E-state index < -0.39 is 36.4 Å². The normalized spacial score (nSPS) is 12.2. The van der Waals surface area contributed by atoms with Crippen LogP contribution in [0.15, 0.2) is 0 Å². The van der Waals surface area contributed by atoms with Crippen molar-refractivity contribution >= 4 is 36.4 Å². The Morgan fingerprint density at radius 2 is 0.885 bits per heavy atom. The largest absolute Gasteiger partial charge is 1.00 e. The van der Waals surface area contributed by atoms with Gasteiger partial charge in [-0.05, 0) is 0 Å². The molecule has 0 aliphatic heterocycles. The van der Waals surface area contributed by atoms with E-state index in [9.17, 15) is 49.8 Å². The molecule has 0 fully saturated rings. The van der Waals surface area contributed by atoms with E-state index in [0.29, 0.717) is 0 Å². The summed E-state index contributed by atoms with van der Waals surface area (Å²) in [6.07, 6.45) is 0. The summed E-state index contributed by atoms with van der Waals surface area (Å²) in [6.45, 7) is 0. The van der Waals surface area contributed by atoms with Crippen LogP contribution in [0.25, 0.3) is 0 Å². The van der Waals surface area contributed by atoms with Crippen molar-refractivity contribution in [1.29, 1.82) is 0 Å². The Labute approximate surface area is 280 Å². The minimum Gasteiger partial charge on any atom is -0.790 e. The van der Waals surface area contributed by atoms with Crippen LogP contribution in [0.1, 0.15) is 0 Å². The van der Waals surface area contributed by atoms with E-state index in [4.69, 9.17) is 5.26 Å². The first-order valence-corrected chi connectivity index (χ1v) is 8.72. The van der Waals surface area contributed by atoms with Gasteiger partial charge in [-0.3, -0.25) is 8.88 Å². The SMILES string of the molecule is O=P([O-])([O-])OP(=O)([O-])O[O-].O=S(=O)([O-])OOS(=O)(=O)[O-].[Na+].[Na+].[Na+].[Na+].[Na+].[Na+]. The van der Waals surface area contributed by atoms with Gasteiger partial charge in [0.25, 0.3) is 7.82 Å². The Balaban J connectivity index is -0.0000000337. The van der Waals surface area contributed by atoms with E-state index >= 15 is 0 Å². The quantitative estimate of drug-likeness (QED) is 0.0785. The molecule has 124 valence electrons. The Bertz CT molecular complexity index is 558. The van der Waals surface area contributed by atoms with Gasteiger partial charge in [-0.15, -0.1) is 8.67 Å². The average molecular weight is 520 g/mol. The fraction of sp³-hybridized carbons (Fsp3) is 0. The van der Waals surface area contributed by atoms with Crippen LogP contribution in [-0.4, -0.2) is 25.9 Å². The van der Waals surface area contributed by atoms with Crippen molar-refractivity contribution in [3.63, 3.8) is 0 Å². The van der Waals surface area contributed by atoms with Crippen LogP contribution in [0.3, 0.4) is 0 Å². The van der Waals surface area contributed by atoms with E-state index in [2.05, 4.69) is 17.7 Å². The first-order chi connectivity index (χ1) is 8.47. The maximum atomic E-state index is 9.71. The summed E-state index contributed by atoms with van der Waals surface area (Å²) >= 11 is 0. The van der Waals surface area contributed by atoms with Crippen LogP contribution < -0.4 is 197 Å². The Hall–Kier alpha value is 5.96. The molecule has 0 saturated carbocycles. The van der Waals surface area contributed by atoms with Gasteiger partial charge >= 0.3 is 177 Å². The molecule has 0 saturated heterocycles. The summed E-state index contributed by atoms with van der Waals surface area (Å²) in [7, 11) is -21.8. The second-order valence-corrected chi connectivity index (χ2v) is 6.50. The fourth-order valence-electron chi connectivity index (χ4n) is 0.204. The molecule has 1 atom stereocenters. The maximum absolute atomic E-state index is 9.71. The monoisotopic (exact) mass is 520 g/mol. The molecule has 0 aliphatic rings. The summed E-state index contributed by atoms with van der Waals surface area (Å²) in [5.41, 5.74) is 0. The standard InChI is InChI=1S/6Na.H4O8P2.H2O8S2/c;;;;;;1-7-10(5,6)8-9(2,3)4;1-9(2,3)7-8-10(4,5)6/h;;;;;;1H,(H,5,6)(H2,2,3,4);(H,1,2,3)(H,4,5,6)/q6*+1;;/p-6. The summed E-state index contributed by atoms with van der Waals surface area (Å²) < 4.78 is 85.6. The molecule has 0 aromatic heterocycles. The average Bonchev–Trinajstić information content (AvgIpc) is 2.10. The molecule has 26 heavy (non-hydrogen) atoms. The van der Waals surface area contributed by atoms with Crippen LogP contribution in [0, 0.1) is 0 Å². The van der Waals surface area contributed by atoms with Gasteiger partial charge in [0.1, 0.15) is 0 Å². The van der Waals surface area contributed by atoms with Gasteiger partial charge in [-0.1, -0.05) is 0 Å². The van der Waals surface area contributed by atoms with Gasteiger partial charge in [-0.2, -0.15) is 0 Å². The molecule has 0 bridgehead atoms. The van der Waals surface area contributed by atoms with Crippen LogP contribution >= 0.6 is 15.6 Å². The third-order valence-electron chi connectivity index (χ3n) is 0.486. The Morgan fingerprint density at radius 1 is 0.654 bits per heavy atom. The van der Waals surface area contributed by atoms with Gasteiger partial charge in [0.05, 0.1) is 7.82 Å². The molecular formula is Na6O16P2S2. The molecule has 26 heteroatoms. The van der Waals surface area contributed by atoms with Crippen molar-refractivity contribution in [1.82, 2.24) is 0 Å². The van der Waals surface area contributed by atoms with Crippen molar-refractivity contribution in [2.75, 3.05) is 0 Å². The molecule has 0 radical (unpaired) electrons. The van der Waals surface area contributed by atoms with Crippen molar-refractivity contribution in [3.05, 3.63) is 0 Å². The van der Waals surface area contributed by atoms with Crippen LogP contribution in [0.5, 0.6) is 0 Å². The summed E-state index contributed by atoms with van der Waals surface area (Å²) in [4.78, 5) is 28.6. The molecule has 0 rings (SSSR count). The molecule has 0 aromatic rings. The van der Waals surface area contributed by atoms with Gasteiger partial charge in [0.2, 0.25) is 20.8 Å². The fourth-order valence-corrected chi connectivity index (χ4v) is 1.84. The molecule has 0 N–H and O–H groups in total. The maximum Gasteiger partial charge on any atom is 1.00 e. The molecule has 0 aliphatic carbocycles. The molecular weight excluding hydrogens is 520 g/mol. The number of phosphoric acid groups is 2. The van der Waals surface area contributed by atoms with E-state index in [1.54, 1.807) is 0 Å². The molecule has 16 nitrogen and oxygen atoms in total. The minimum atomic E-state index is -5.70. The first-order valence-electron chi connectivity index (χ1n) is 3.13. The molecule has 0 spiro atoms. The van der Waals surface area contributed by atoms with Crippen molar-refractivity contribution in [2.45, 2.75) is 0 Å². The number of hydrogen-bond acceptors (Lipinski definition) is 16. The van der Waals surface area contributed by atoms with Gasteiger partial charge in [0, 0.05) is 0 Å². The minimum absolute atomic E-state index is 0. The second-order valence-electron chi connectivity index (χ2n) is 2.00. The van der Waals surface area contributed by atoms with E-state index in [0.717, 1.165) is 0 Å². The predicted octanol–water partition coefficient (Wildman–Crippen LogP) is -23.5. The van der Waals surface area contributed by atoms with Gasteiger partial charge in [-0.25, -0.2) is 16.8 Å². The number of rotatable bonds is 6. The van der Waals surface area contributed by atoms with E-state index in [-0.39, 0.29) is 177 Å². The van der Waals surface area contributed by atoms with E-state index in [1.807, 2.05) is 0 Å². The summed E-state index contributed by atoms with van der Waals surface area (Å²) in [6, 6.07) is 0. The smallest absolute Gasteiger partial charge is 0.790 e. The topological polar surface area (TPSA) is 278 Å². The van der Waals surface area contributed by atoms with Crippen molar-refractivity contribution in [2.24, 2.45) is 0 Å². The third-order valence-corrected chi connectivity index (χ3v) is 2.82. The summed E-state index contributed by atoms with van der Waals surface area (Å²) in [5, 5.41) is 9.03. The van der Waals surface area contributed by atoms with Crippen molar-refractivity contribution in [3.8, 4) is 0 Å². The first kappa shape index (κ1) is 53.4. The zero-order valence-electron chi connectivity index (χ0n) is 14.2. The van der Waals surface area contributed by atoms with E-state index in [1.165, 1.54) is 0 Å². The predicted molar refractivity (Wildman–Crippen MR) is 38.9 cm³/mol. The van der Waals surface area contributed by atoms with Gasteiger partial charge < -0.3 is 38.3 Å². The molecule has 1 unspecified atom stereocenters. The van der Waals surface area contributed by atoms with Crippen LogP contribution in [0.2, 0.25) is 0 Å². The zero-order chi connectivity index (χ0) is 16.8. The zero-order valence-corrected chi connectivity index (χ0v) is 29.7. The van der Waals surface area contributed by atoms with Gasteiger partial charge in [0.15, 0.2) is 0 Å². The molecule has 0 heterocycles. The second kappa shape index (κ2) is 24.1.